The Labute approximate surface area is 89.5 Å². The Balaban J connectivity index is 2.57. The molecule has 1 rings (SSSR count). The second-order valence-electron chi connectivity index (χ2n) is 3.84. The van der Waals surface area contributed by atoms with Gasteiger partial charge in [0.2, 0.25) is 5.88 Å². The summed E-state index contributed by atoms with van der Waals surface area (Å²) in [5.74, 6) is 1.18. The second-order valence-corrected chi connectivity index (χ2v) is 3.84. The van der Waals surface area contributed by atoms with Crippen LogP contribution in [0.25, 0.3) is 0 Å². The van der Waals surface area contributed by atoms with Gasteiger partial charge in [0.25, 0.3) is 0 Å². The number of nitrogens with zero attached hydrogens (tertiary/aromatic N) is 2. The molecule has 0 unspecified atom stereocenters. The topological polar surface area (TPSA) is 67.3 Å². The predicted molar refractivity (Wildman–Crippen MR) is 58.0 cm³/mol. The highest BCUT2D eigenvalue weighted by atomic mass is 16.5. The average Bonchev–Trinajstić information content (AvgIpc) is 2.15. The van der Waals surface area contributed by atoms with Crippen LogP contribution >= 0.6 is 0 Å². The molecule has 1 aromatic rings. The molecule has 15 heavy (non-hydrogen) atoms. The Morgan fingerprint density at radius 2 is 2.20 bits per heavy atom. The molecule has 0 atom stereocenters. The van der Waals surface area contributed by atoms with Crippen LogP contribution in [0, 0.1) is 0 Å². The molecule has 0 spiro atoms. The van der Waals surface area contributed by atoms with Gasteiger partial charge in [-0.3, -0.25) is 0 Å². The van der Waals surface area contributed by atoms with Crippen LogP contribution in [-0.2, 0) is 0 Å². The normalized spacial score (nSPS) is 11.2. The van der Waals surface area contributed by atoms with Crippen molar-refractivity contribution >= 4 is 5.82 Å². The number of ether oxygens (including phenoxy) is 1. The SMILES string of the molecule is CCOc1cc(NCC(C)(C)O)ncn1. The highest BCUT2D eigenvalue weighted by Crippen LogP contribution is 2.11. The van der Waals surface area contributed by atoms with Crippen LogP contribution in [0.15, 0.2) is 12.4 Å². The van der Waals surface area contributed by atoms with Gasteiger partial charge >= 0.3 is 0 Å². The molecule has 0 aliphatic rings. The van der Waals surface area contributed by atoms with Crippen molar-refractivity contribution in [3.05, 3.63) is 12.4 Å². The fourth-order valence-corrected chi connectivity index (χ4v) is 0.970. The molecule has 84 valence electrons. The van der Waals surface area contributed by atoms with Crippen LogP contribution in [0.5, 0.6) is 5.88 Å². The maximum absolute atomic E-state index is 9.51. The van der Waals surface area contributed by atoms with Crippen molar-refractivity contribution in [2.24, 2.45) is 0 Å². The van der Waals surface area contributed by atoms with E-state index in [1.807, 2.05) is 6.92 Å². The van der Waals surface area contributed by atoms with Gasteiger partial charge in [0.15, 0.2) is 0 Å². The zero-order chi connectivity index (χ0) is 11.3. The van der Waals surface area contributed by atoms with Crippen LogP contribution in [0.2, 0.25) is 0 Å². The van der Waals surface area contributed by atoms with E-state index in [2.05, 4.69) is 15.3 Å². The monoisotopic (exact) mass is 211 g/mol. The van der Waals surface area contributed by atoms with Gasteiger partial charge in [0.1, 0.15) is 12.1 Å². The summed E-state index contributed by atoms with van der Waals surface area (Å²) >= 11 is 0. The highest BCUT2D eigenvalue weighted by Gasteiger charge is 2.12. The minimum atomic E-state index is -0.767. The smallest absolute Gasteiger partial charge is 0.218 e. The van der Waals surface area contributed by atoms with Crippen LogP contribution < -0.4 is 10.1 Å². The van der Waals surface area contributed by atoms with Crippen molar-refractivity contribution in [2.45, 2.75) is 26.4 Å². The average molecular weight is 211 g/mol. The van der Waals surface area contributed by atoms with Gasteiger partial charge in [-0.1, -0.05) is 0 Å². The molecule has 5 nitrogen and oxygen atoms in total. The number of hydrogen-bond acceptors (Lipinski definition) is 5. The van der Waals surface area contributed by atoms with E-state index in [0.717, 1.165) is 0 Å². The number of nitrogens with one attached hydrogen (secondary N) is 1. The maximum Gasteiger partial charge on any atom is 0.218 e. The van der Waals surface area contributed by atoms with E-state index in [1.54, 1.807) is 19.9 Å². The second kappa shape index (κ2) is 4.93. The molecule has 0 aromatic carbocycles. The van der Waals surface area contributed by atoms with Crippen molar-refractivity contribution in [1.82, 2.24) is 9.97 Å². The predicted octanol–water partition coefficient (Wildman–Crippen LogP) is 1.06. The highest BCUT2D eigenvalue weighted by molar-refractivity contribution is 5.37. The van der Waals surface area contributed by atoms with E-state index in [1.165, 1.54) is 6.33 Å². The van der Waals surface area contributed by atoms with Crippen LogP contribution in [0.1, 0.15) is 20.8 Å². The molecular weight excluding hydrogens is 194 g/mol. The lowest BCUT2D eigenvalue weighted by Crippen LogP contribution is -2.29. The number of rotatable bonds is 5. The molecule has 5 heteroatoms. The Morgan fingerprint density at radius 3 is 2.80 bits per heavy atom. The van der Waals surface area contributed by atoms with Gasteiger partial charge in [-0.25, -0.2) is 9.97 Å². The van der Waals surface area contributed by atoms with E-state index in [4.69, 9.17) is 4.74 Å². The Hall–Kier alpha value is -1.36. The van der Waals surface area contributed by atoms with Gasteiger partial charge in [-0.2, -0.15) is 0 Å². The third kappa shape index (κ3) is 4.60. The Morgan fingerprint density at radius 1 is 1.47 bits per heavy atom. The first-order valence-electron chi connectivity index (χ1n) is 4.92. The minimum absolute atomic E-state index is 0.426. The van der Waals surface area contributed by atoms with Crippen molar-refractivity contribution in [3.63, 3.8) is 0 Å². The molecule has 1 heterocycles. The van der Waals surface area contributed by atoms with E-state index < -0.39 is 5.60 Å². The van der Waals surface area contributed by atoms with Gasteiger partial charge in [-0.15, -0.1) is 0 Å². The lowest BCUT2D eigenvalue weighted by Gasteiger charge is -2.17. The molecule has 0 saturated heterocycles. The van der Waals surface area contributed by atoms with E-state index >= 15 is 0 Å². The van der Waals surface area contributed by atoms with E-state index in [0.29, 0.717) is 24.8 Å². The third-order valence-corrected chi connectivity index (χ3v) is 1.64. The van der Waals surface area contributed by atoms with Gasteiger partial charge in [0.05, 0.1) is 12.2 Å². The van der Waals surface area contributed by atoms with Crippen molar-refractivity contribution < 1.29 is 9.84 Å². The molecular formula is C10H17N3O2. The zero-order valence-corrected chi connectivity index (χ0v) is 9.32. The summed E-state index contributed by atoms with van der Waals surface area (Å²) in [6.07, 6.45) is 1.43. The lowest BCUT2D eigenvalue weighted by atomic mass is 10.1. The number of aromatic nitrogens is 2. The standard InChI is InChI=1S/C10H17N3O2/c1-4-15-9-5-8(12-7-13-9)11-6-10(2,3)14/h5,7,14H,4,6H2,1-3H3,(H,11,12,13). The molecule has 0 bridgehead atoms. The molecule has 0 saturated carbocycles. The summed E-state index contributed by atoms with van der Waals surface area (Å²) in [6.45, 7) is 6.35. The van der Waals surface area contributed by atoms with Crippen molar-refractivity contribution in [2.75, 3.05) is 18.5 Å². The summed E-state index contributed by atoms with van der Waals surface area (Å²) < 4.78 is 5.22. The molecule has 1 aromatic heterocycles. The van der Waals surface area contributed by atoms with Gasteiger partial charge in [0, 0.05) is 12.6 Å². The Bertz CT molecular complexity index is 310. The molecule has 0 amide bonds. The Kier molecular flexibility index (Phi) is 3.85. The molecule has 0 aliphatic heterocycles. The third-order valence-electron chi connectivity index (χ3n) is 1.64. The van der Waals surface area contributed by atoms with Gasteiger partial charge < -0.3 is 15.2 Å². The van der Waals surface area contributed by atoms with Gasteiger partial charge in [-0.05, 0) is 20.8 Å². The van der Waals surface area contributed by atoms with Crippen molar-refractivity contribution in [3.8, 4) is 5.88 Å². The molecule has 2 N–H and O–H groups in total. The number of anilines is 1. The zero-order valence-electron chi connectivity index (χ0n) is 9.32. The van der Waals surface area contributed by atoms with Crippen LogP contribution in [0.3, 0.4) is 0 Å². The summed E-state index contributed by atoms with van der Waals surface area (Å²) in [7, 11) is 0. The maximum atomic E-state index is 9.51. The number of hydrogen-bond donors (Lipinski definition) is 2. The quantitative estimate of drug-likeness (QED) is 0.762. The first kappa shape index (κ1) is 11.7. The molecule has 0 aliphatic carbocycles. The largest absolute Gasteiger partial charge is 0.478 e. The van der Waals surface area contributed by atoms with Crippen LogP contribution in [-0.4, -0.2) is 33.8 Å². The first-order chi connectivity index (χ1) is 7.01. The van der Waals surface area contributed by atoms with Crippen LogP contribution in [0.4, 0.5) is 5.82 Å². The number of aliphatic hydroxyl groups is 1. The first-order valence-corrected chi connectivity index (χ1v) is 4.92. The minimum Gasteiger partial charge on any atom is -0.478 e. The molecule has 0 radical (unpaired) electrons. The van der Waals surface area contributed by atoms with E-state index in [-0.39, 0.29) is 0 Å². The fraction of sp³-hybridized carbons (Fsp3) is 0.600. The summed E-state index contributed by atoms with van der Waals surface area (Å²) in [5, 5.41) is 12.5. The lowest BCUT2D eigenvalue weighted by molar-refractivity contribution is 0.0944. The summed E-state index contributed by atoms with van der Waals surface area (Å²) in [5.41, 5.74) is -0.767. The summed E-state index contributed by atoms with van der Waals surface area (Å²) in [6, 6.07) is 1.70. The fourth-order valence-electron chi connectivity index (χ4n) is 0.970. The summed E-state index contributed by atoms with van der Waals surface area (Å²) in [4.78, 5) is 7.95. The molecule has 0 fully saturated rings. The van der Waals surface area contributed by atoms with E-state index in [9.17, 15) is 5.11 Å². The van der Waals surface area contributed by atoms with Crippen molar-refractivity contribution in [1.29, 1.82) is 0 Å².